The maximum absolute atomic E-state index is 13.6. The van der Waals surface area contributed by atoms with E-state index in [-0.39, 0.29) is 28.6 Å². The average Bonchev–Trinajstić information content (AvgIpc) is 3.05. The van der Waals surface area contributed by atoms with E-state index in [4.69, 9.17) is 9.57 Å². The average molecular weight is 652 g/mol. The molecule has 2 N–H and O–H groups in total. The third-order valence-corrected chi connectivity index (χ3v) is 8.25. The van der Waals surface area contributed by atoms with Crippen LogP contribution in [0.5, 0.6) is 5.75 Å². The van der Waals surface area contributed by atoms with Gasteiger partial charge in [-0.3, -0.25) is 14.4 Å². The van der Waals surface area contributed by atoms with Crippen LogP contribution in [-0.4, -0.2) is 86.9 Å². The number of nitrogens with one attached hydrogen (secondary N) is 2. The molecule has 46 heavy (non-hydrogen) atoms. The van der Waals surface area contributed by atoms with E-state index in [1.165, 1.54) is 29.2 Å². The number of hydrogen-bond donors (Lipinski definition) is 2. The summed E-state index contributed by atoms with van der Waals surface area (Å²) in [7, 11) is -4.21. The number of anilines is 1. The van der Waals surface area contributed by atoms with E-state index in [0.717, 1.165) is 4.47 Å². The van der Waals surface area contributed by atoms with E-state index in [9.17, 15) is 27.6 Å². The molecule has 244 valence electrons. The molecule has 0 bridgehead atoms. The molecule has 14 heteroatoms. The van der Waals surface area contributed by atoms with E-state index >= 15 is 0 Å². The Morgan fingerprint density at radius 3 is 1.91 bits per heavy atom. The van der Waals surface area contributed by atoms with Crippen LogP contribution in [-0.2, 0) is 24.3 Å². The monoisotopic (exact) mass is 651 g/mol. The van der Waals surface area contributed by atoms with Gasteiger partial charge in [-0.05, 0) is 69.3 Å². The molecule has 1 saturated heterocycles. The fraction of sp³-hybridized carbons (Fsp3) is 0.312. The molecule has 3 aromatic carbocycles. The number of amides is 4. The number of para-hydroxylation sites is 2. The lowest BCUT2D eigenvalue weighted by molar-refractivity contribution is -0.134. The van der Waals surface area contributed by atoms with Crippen LogP contribution in [0.25, 0.3) is 0 Å². The lowest BCUT2D eigenvalue weighted by atomic mass is 10.2. The SMILES string of the molecule is CC(C)(C)OC(=O)N1CCN(C(=O)CNC(=O)CNC(=O)c2ccc(S(=O)(=O)N(Oc3ccccc3)c3ccccc3)cc2)CC1. The van der Waals surface area contributed by atoms with Gasteiger partial charge in [0.15, 0.2) is 5.75 Å². The Morgan fingerprint density at radius 2 is 1.33 bits per heavy atom. The van der Waals surface area contributed by atoms with E-state index in [1.54, 1.807) is 86.3 Å². The first-order chi connectivity index (χ1) is 21.8. The summed E-state index contributed by atoms with van der Waals surface area (Å²) in [5, 5.41) is 4.94. The van der Waals surface area contributed by atoms with Crippen molar-refractivity contribution in [2.45, 2.75) is 31.3 Å². The minimum absolute atomic E-state index is 0.119. The Labute approximate surface area is 268 Å². The van der Waals surface area contributed by atoms with Crippen LogP contribution in [0.3, 0.4) is 0 Å². The van der Waals surface area contributed by atoms with Crippen LogP contribution in [0.4, 0.5) is 10.5 Å². The molecule has 0 atom stereocenters. The molecule has 4 rings (SSSR count). The zero-order valence-corrected chi connectivity index (χ0v) is 26.7. The van der Waals surface area contributed by atoms with Crippen molar-refractivity contribution < 1.29 is 37.2 Å². The second-order valence-corrected chi connectivity index (χ2v) is 13.1. The Morgan fingerprint density at radius 1 is 0.761 bits per heavy atom. The summed E-state index contributed by atoms with van der Waals surface area (Å²) in [6.07, 6.45) is -0.439. The van der Waals surface area contributed by atoms with Gasteiger partial charge in [-0.25, -0.2) is 4.79 Å². The van der Waals surface area contributed by atoms with Gasteiger partial charge in [0, 0.05) is 31.7 Å². The van der Waals surface area contributed by atoms with Gasteiger partial charge in [-0.2, -0.15) is 8.42 Å². The fourth-order valence-electron chi connectivity index (χ4n) is 4.32. The van der Waals surface area contributed by atoms with Crippen molar-refractivity contribution in [3.05, 3.63) is 90.5 Å². The largest absolute Gasteiger partial charge is 0.444 e. The smallest absolute Gasteiger partial charge is 0.410 e. The number of carbonyl (C=O) groups is 4. The molecule has 0 unspecified atom stereocenters. The summed E-state index contributed by atoms with van der Waals surface area (Å²) in [6, 6.07) is 22.0. The highest BCUT2D eigenvalue weighted by Gasteiger charge is 2.29. The summed E-state index contributed by atoms with van der Waals surface area (Å²) in [5.41, 5.74) is -0.210. The summed E-state index contributed by atoms with van der Waals surface area (Å²) >= 11 is 0. The zero-order valence-electron chi connectivity index (χ0n) is 25.8. The number of carbonyl (C=O) groups excluding carboxylic acids is 4. The number of piperazine rings is 1. The quantitative estimate of drug-likeness (QED) is 0.317. The number of nitrogens with zero attached hydrogens (tertiary/aromatic N) is 3. The molecule has 0 radical (unpaired) electrons. The van der Waals surface area contributed by atoms with Crippen LogP contribution in [0, 0.1) is 0 Å². The molecular weight excluding hydrogens is 614 g/mol. The van der Waals surface area contributed by atoms with Crippen molar-refractivity contribution in [2.24, 2.45) is 0 Å². The van der Waals surface area contributed by atoms with Crippen LogP contribution in [0.15, 0.2) is 89.8 Å². The third kappa shape index (κ3) is 9.20. The summed E-state index contributed by atoms with van der Waals surface area (Å²) in [4.78, 5) is 58.5. The maximum atomic E-state index is 13.6. The summed E-state index contributed by atoms with van der Waals surface area (Å²) < 4.78 is 33.3. The number of benzene rings is 3. The summed E-state index contributed by atoms with van der Waals surface area (Å²) in [6.45, 7) is 5.91. The van der Waals surface area contributed by atoms with Crippen molar-refractivity contribution in [2.75, 3.05) is 43.7 Å². The van der Waals surface area contributed by atoms with E-state index < -0.39 is 40.1 Å². The van der Waals surface area contributed by atoms with E-state index in [0.29, 0.717) is 31.9 Å². The molecule has 0 aromatic heterocycles. The molecule has 1 fully saturated rings. The second-order valence-electron chi connectivity index (χ2n) is 11.3. The van der Waals surface area contributed by atoms with Crippen molar-refractivity contribution in [3.63, 3.8) is 0 Å². The number of rotatable bonds is 10. The minimum atomic E-state index is -4.21. The van der Waals surface area contributed by atoms with Gasteiger partial charge in [-0.1, -0.05) is 40.9 Å². The first-order valence-electron chi connectivity index (χ1n) is 14.6. The first kappa shape index (κ1) is 33.8. The minimum Gasteiger partial charge on any atom is -0.444 e. The van der Waals surface area contributed by atoms with Gasteiger partial charge in [0.2, 0.25) is 11.8 Å². The van der Waals surface area contributed by atoms with Crippen LogP contribution < -0.4 is 19.9 Å². The van der Waals surface area contributed by atoms with Crippen LogP contribution in [0.1, 0.15) is 31.1 Å². The van der Waals surface area contributed by atoms with Gasteiger partial charge < -0.3 is 30.0 Å². The number of ether oxygens (including phenoxy) is 1. The molecule has 4 amide bonds. The molecule has 0 spiro atoms. The molecule has 1 aliphatic rings. The Bertz CT molecular complexity index is 1620. The highest BCUT2D eigenvalue weighted by molar-refractivity contribution is 7.92. The standard InChI is InChI=1S/C32H37N5O8S/c1-32(2,3)44-31(41)36-20-18-35(19-21-36)29(39)23-33-28(38)22-34-30(40)24-14-16-27(17-15-24)46(42,43)37(25-10-6-4-7-11-25)45-26-12-8-5-9-13-26/h4-17H,18-23H2,1-3H3,(H,33,38)(H,34,40). The normalized spacial score (nSPS) is 13.4. The van der Waals surface area contributed by atoms with Crippen LogP contribution >= 0.6 is 0 Å². The van der Waals surface area contributed by atoms with Gasteiger partial charge in [-0.15, -0.1) is 0 Å². The predicted molar refractivity (Wildman–Crippen MR) is 169 cm³/mol. The topological polar surface area (TPSA) is 155 Å². The van der Waals surface area contributed by atoms with E-state index in [2.05, 4.69) is 10.6 Å². The lowest BCUT2D eigenvalue weighted by Crippen LogP contribution is -2.53. The Hall–Kier alpha value is -5.11. The highest BCUT2D eigenvalue weighted by atomic mass is 32.2. The first-order valence-corrected chi connectivity index (χ1v) is 16.0. The van der Waals surface area contributed by atoms with Gasteiger partial charge >= 0.3 is 6.09 Å². The lowest BCUT2D eigenvalue weighted by Gasteiger charge is -2.35. The fourth-order valence-corrected chi connectivity index (χ4v) is 5.57. The molecule has 1 heterocycles. The maximum Gasteiger partial charge on any atom is 0.410 e. The van der Waals surface area contributed by atoms with E-state index in [1.807, 2.05) is 0 Å². The highest BCUT2D eigenvalue weighted by Crippen LogP contribution is 2.26. The molecule has 1 aliphatic heterocycles. The van der Waals surface area contributed by atoms with Crippen molar-refractivity contribution in [3.8, 4) is 5.75 Å². The van der Waals surface area contributed by atoms with Crippen molar-refractivity contribution >= 4 is 39.5 Å². The van der Waals surface area contributed by atoms with Crippen molar-refractivity contribution in [1.29, 1.82) is 0 Å². The predicted octanol–water partition coefficient (Wildman–Crippen LogP) is 2.80. The van der Waals surface area contributed by atoms with Gasteiger partial charge in [0.1, 0.15) is 5.60 Å². The molecule has 0 saturated carbocycles. The number of hydrogen-bond acceptors (Lipinski definition) is 8. The van der Waals surface area contributed by atoms with Crippen LogP contribution in [0.2, 0.25) is 0 Å². The number of sulfonamides is 1. The molecular formula is C32H37N5O8S. The zero-order chi connectivity index (χ0) is 33.3. The molecule has 0 aliphatic carbocycles. The second kappa shape index (κ2) is 14.8. The van der Waals surface area contributed by atoms with Gasteiger partial charge in [0.25, 0.3) is 15.9 Å². The third-order valence-electron chi connectivity index (χ3n) is 6.66. The van der Waals surface area contributed by atoms with Crippen molar-refractivity contribution in [1.82, 2.24) is 20.4 Å². The molecule has 13 nitrogen and oxygen atoms in total. The summed E-state index contributed by atoms with van der Waals surface area (Å²) in [5.74, 6) is -1.19. The molecule has 3 aromatic rings. The van der Waals surface area contributed by atoms with Gasteiger partial charge in [0.05, 0.1) is 23.7 Å². The Balaban J connectivity index is 1.27. The Kier molecular flexibility index (Phi) is 10.9.